The van der Waals surface area contributed by atoms with Crippen molar-refractivity contribution in [2.24, 2.45) is 0 Å². The summed E-state index contributed by atoms with van der Waals surface area (Å²) < 4.78 is 120. The van der Waals surface area contributed by atoms with Crippen molar-refractivity contribution in [1.82, 2.24) is 14.9 Å². The molecule has 0 bridgehead atoms. The molecule has 1 N–H and O–H groups in total. The number of aromatic nitrogens is 2. The van der Waals surface area contributed by atoms with Crippen LogP contribution in [0.3, 0.4) is 0 Å². The number of unbranched alkanes of at least 4 members (excludes halogenated alkanes) is 3. The molecular formula is C32H37F5N4O2. The van der Waals surface area contributed by atoms with E-state index >= 15 is 4.39 Å². The van der Waals surface area contributed by atoms with E-state index < -0.39 is 72.2 Å². The van der Waals surface area contributed by atoms with Gasteiger partial charge in [0.25, 0.3) is 0 Å². The van der Waals surface area contributed by atoms with Gasteiger partial charge in [0.1, 0.15) is 18.4 Å². The Morgan fingerprint density at radius 2 is 2.00 bits per heavy atom. The number of rotatable bonds is 10. The highest BCUT2D eigenvalue weighted by atomic mass is 19.4. The fraction of sp³-hybridized carbons (Fsp3) is 0.500. The molecule has 43 heavy (non-hydrogen) atoms. The summed E-state index contributed by atoms with van der Waals surface area (Å²) in [4.78, 5) is 10.4. The maximum atomic E-state index is 15.2. The number of phenolic OH excluding ortho intramolecular Hbond substituents is 1. The highest BCUT2D eigenvalue weighted by molar-refractivity contribution is 5.98. The van der Waals surface area contributed by atoms with E-state index in [0.29, 0.717) is 17.7 Å². The first kappa shape index (κ1) is 24.9. The number of anilines is 1. The number of ether oxygens (including phenoxy) is 1. The number of halogens is 5. The molecule has 11 heteroatoms. The Hall–Kier alpha value is -3.47. The number of benzene rings is 2. The first-order chi connectivity index (χ1) is 22.4. The van der Waals surface area contributed by atoms with Crippen molar-refractivity contribution >= 4 is 28.7 Å². The third kappa shape index (κ3) is 6.56. The minimum absolute atomic E-state index is 0.0190. The van der Waals surface area contributed by atoms with Crippen LogP contribution in [0.25, 0.3) is 23.0 Å². The number of likely N-dealkylation sites (tertiary alicyclic amines) is 1. The Labute approximate surface area is 254 Å². The van der Waals surface area contributed by atoms with E-state index in [2.05, 4.69) is 9.97 Å². The van der Waals surface area contributed by atoms with E-state index in [1.165, 1.54) is 0 Å². The van der Waals surface area contributed by atoms with E-state index in [1.54, 1.807) is 6.92 Å². The minimum atomic E-state index is -4.94. The molecule has 0 radical (unpaired) electrons. The van der Waals surface area contributed by atoms with Crippen molar-refractivity contribution in [1.29, 1.82) is 0 Å². The Morgan fingerprint density at radius 1 is 1.19 bits per heavy atom. The maximum Gasteiger partial charge on any atom is 0.412 e. The standard InChI is InChI=1S/C32H37F5N4O2/c1-4-5-6-7-9-19(2)30-23-16-27(32(35,36)37)41(26-15-22(42)14-20-11-12-24(33)29(34)28(20)26)17-25(23)38-31(39-30)43-18-21-10-8-13-40(21)3/h11-12,14-17,19,21,27,42H,4-10,13,18H2,1-3H3/t19?,21-,27?/m0/s1/i3D3,18D2. The molecule has 2 aliphatic heterocycles. The van der Waals surface area contributed by atoms with Crippen molar-refractivity contribution < 1.29 is 38.6 Å². The van der Waals surface area contributed by atoms with Crippen LogP contribution in [0.4, 0.5) is 27.6 Å². The topological polar surface area (TPSA) is 61.7 Å². The van der Waals surface area contributed by atoms with Gasteiger partial charge in [-0.05, 0) is 62.3 Å². The summed E-state index contributed by atoms with van der Waals surface area (Å²) in [5.74, 6) is -3.60. The van der Waals surface area contributed by atoms with Crippen LogP contribution >= 0.6 is 0 Å². The van der Waals surface area contributed by atoms with Gasteiger partial charge in [-0.1, -0.05) is 45.6 Å². The van der Waals surface area contributed by atoms with Gasteiger partial charge in [0.05, 0.1) is 19.5 Å². The Balaban J connectivity index is 1.70. The van der Waals surface area contributed by atoms with Gasteiger partial charge in [-0.3, -0.25) is 0 Å². The molecule has 1 fully saturated rings. The highest BCUT2D eigenvalue weighted by Crippen LogP contribution is 2.39. The summed E-state index contributed by atoms with van der Waals surface area (Å²) >= 11 is 0. The van der Waals surface area contributed by atoms with E-state index in [1.807, 2.05) is 6.92 Å². The molecule has 2 aliphatic rings. The van der Waals surface area contributed by atoms with E-state index in [0.717, 1.165) is 67.1 Å². The van der Waals surface area contributed by atoms with Gasteiger partial charge in [-0.2, -0.15) is 23.1 Å². The van der Waals surface area contributed by atoms with Gasteiger partial charge in [0, 0.05) is 33.0 Å². The monoisotopic (exact) mass is 609 g/mol. The SMILES string of the molecule is [2H]C([2H])(Oc1nc(C(C)CCCCCC)c2c(n1)=CN(c1cc(O)cc3ccc(F)c(F)c13)C(C(F)(F)F)C=2)[C@@H]1CCCN1C([2H])([2H])[2H]. The lowest BCUT2D eigenvalue weighted by Crippen LogP contribution is -2.51. The van der Waals surface area contributed by atoms with Crippen molar-refractivity contribution in [3.63, 3.8) is 0 Å². The van der Waals surface area contributed by atoms with Gasteiger partial charge in [-0.25, -0.2) is 8.78 Å². The van der Waals surface area contributed by atoms with Crippen LogP contribution < -0.4 is 20.2 Å². The fourth-order valence-electron chi connectivity index (χ4n) is 5.68. The number of aromatic hydroxyl groups is 1. The molecule has 3 heterocycles. The van der Waals surface area contributed by atoms with Crippen molar-refractivity contribution in [2.75, 3.05) is 25.0 Å². The van der Waals surface area contributed by atoms with Crippen LogP contribution in [0.15, 0.2) is 24.3 Å². The summed E-state index contributed by atoms with van der Waals surface area (Å²) in [7, 11) is 0. The number of hydrogen-bond donors (Lipinski definition) is 1. The van der Waals surface area contributed by atoms with E-state index in [9.17, 15) is 22.7 Å². The number of phenols is 1. The van der Waals surface area contributed by atoms with Gasteiger partial charge >= 0.3 is 12.2 Å². The van der Waals surface area contributed by atoms with E-state index in [-0.39, 0.29) is 34.6 Å². The normalized spacial score (nSPS) is 22.0. The summed E-state index contributed by atoms with van der Waals surface area (Å²) in [5, 5.41) is 9.77. The Kier molecular flexibility index (Phi) is 7.32. The lowest BCUT2D eigenvalue weighted by molar-refractivity contribution is -0.132. The van der Waals surface area contributed by atoms with Crippen molar-refractivity contribution in [2.45, 2.75) is 83.0 Å². The number of hydrogen-bond acceptors (Lipinski definition) is 6. The molecule has 1 aromatic heterocycles. The maximum absolute atomic E-state index is 15.2. The number of likely N-dealkylation sites (N-methyl/N-ethyl adjacent to an activating group) is 1. The average molecular weight is 610 g/mol. The molecule has 5 rings (SSSR count). The lowest BCUT2D eigenvalue weighted by atomic mass is 9.96. The molecule has 0 saturated carbocycles. The van der Waals surface area contributed by atoms with Crippen LogP contribution in [0.2, 0.25) is 0 Å². The average Bonchev–Trinajstić information content (AvgIpc) is 3.52. The predicted molar refractivity (Wildman–Crippen MR) is 156 cm³/mol. The lowest BCUT2D eigenvalue weighted by Gasteiger charge is -2.33. The van der Waals surface area contributed by atoms with Gasteiger partial charge < -0.3 is 19.6 Å². The zero-order valence-corrected chi connectivity index (χ0v) is 23.9. The second-order valence-electron chi connectivity index (χ2n) is 11.1. The number of fused-ring (bicyclic) bond motifs is 2. The summed E-state index contributed by atoms with van der Waals surface area (Å²) in [6.07, 6.45) is 1.61. The van der Waals surface area contributed by atoms with Crippen molar-refractivity contribution in [3.8, 4) is 11.8 Å². The molecule has 2 aromatic carbocycles. The van der Waals surface area contributed by atoms with Crippen LogP contribution in [0.5, 0.6) is 11.8 Å². The summed E-state index contributed by atoms with van der Waals surface area (Å²) in [6, 6.07) is -0.154. The van der Waals surface area contributed by atoms with Crippen LogP contribution in [-0.2, 0) is 0 Å². The molecule has 0 spiro atoms. The molecule has 232 valence electrons. The summed E-state index contributed by atoms with van der Waals surface area (Å²) in [5.41, 5.74) is -0.305. The largest absolute Gasteiger partial charge is 0.508 e. The molecule has 3 atom stereocenters. The Morgan fingerprint density at radius 3 is 2.74 bits per heavy atom. The van der Waals surface area contributed by atoms with Crippen molar-refractivity contribution in [3.05, 3.63) is 52.2 Å². The molecule has 0 amide bonds. The third-order valence-electron chi connectivity index (χ3n) is 7.95. The van der Waals surface area contributed by atoms with Crippen LogP contribution in [0, 0.1) is 11.6 Å². The first-order valence-electron chi connectivity index (χ1n) is 17.0. The van der Waals surface area contributed by atoms with Gasteiger partial charge in [-0.15, -0.1) is 0 Å². The predicted octanol–water partition coefficient (Wildman–Crippen LogP) is 6.13. The quantitative estimate of drug-likeness (QED) is 0.221. The molecule has 1 saturated heterocycles. The third-order valence-corrected chi connectivity index (χ3v) is 7.95. The molecule has 0 aliphatic carbocycles. The van der Waals surface area contributed by atoms with Gasteiger partial charge in [0.15, 0.2) is 11.6 Å². The first-order valence-corrected chi connectivity index (χ1v) is 14.5. The second kappa shape index (κ2) is 12.6. The van der Waals surface area contributed by atoms with Crippen LogP contribution in [-0.4, -0.2) is 58.3 Å². The zero-order chi connectivity index (χ0) is 35.2. The van der Waals surface area contributed by atoms with Gasteiger partial charge in [0.2, 0.25) is 0 Å². The Bertz CT molecular complexity index is 1790. The van der Waals surface area contributed by atoms with Crippen LogP contribution in [0.1, 0.15) is 77.3 Å². The molecular weight excluding hydrogens is 567 g/mol. The smallest absolute Gasteiger partial charge is 0.412 e. The van der Waals surface area contributed by atoms with E-state index in [4.69, 9.17) is 11.6 Å². The summed E-state index contributed by atoms with van der Waals surface area (Å²) in [6.45, 7) is -1.26. The fourth-order valence-corrected chi connectivity index (χ4v) is 5.68. The molecule has 6 nitrogen and oxygen atoms in total. The highest BCUT2D eigenvalue weighted by Gasteiger charge is 2.44. The minimum Gasteiger partial charge on any atom is -0.508 e. The molecule has 2 unspecified atom stereocenters. The zero-order valence-electron chi connectivity index (χ0n) is 28.9. The molecule has 3 aromatic rings. The number of nitrogens with zero attached hydrogens (tertiary/aromatic N) is 4. The number of alkyl halides is 3. The second-order valence-corrected chi connectivity index (χ2v) is 11.1.